The number of halogens is 1. The molecule has 0 bridgehead atoms. The molecule has 0 aliphatic carbocycles. The second kappa shape index (κ2) is 11.7. The Morgan fingerprint density at radius 3 is 1.51 bits per heavy atom. The van der Waals surface area contributed by atoms with E-state index in [-0.39, 0.29) is 29.3 Å². The SMILES string of the molecule is CCN(CC)C(=O)Oc1c(C(C)(C)C)cc(C)c(C)c1-c1c(C)c(C)cc(C(C)(C)C)c1[O][Ti].Cl. The third-order valence-electron chi connectivity index (χ3n) is 6.78. The smallest absolute Gasteiger partial charge is 0.147 e. The number of benzene rings is 2. The zero-order chi connectivity index (χ0) is 26.2. The quantitative estimate of drug-likeness (QED) is 0.361. The van der Waals surface area contributed by atoms with E-state index in [1.54, 1.807) is 25.7 Å². The van der Waals surface area contributed by atoms with Crippen LogP contribution in [0, 0.1) is 27.7 Å². The van der Waals surface area contributed by atoms with Crippen molar-refractivity contribution >= 4 is 18.5 Å². The molecule has 2 aromatic carbocycles. The van der Waals surface area contributed by atoms with E-state index in [2.05, 4.69) is 81.4 Å². The van der Waals surface area contributed by atoms with Crippen molar-refractivity contribution in [3.05, 3.63) is 45.5 Å². The molecule has 0 fully saturated rings. The molecule has 0 heterocycles. The zero-order valence-electron chi connectivity index (χ0n) is 23.6. The van der Waals surface area contributed by atoms with Crippen molar-refractivity contribution in [2.75, 3.05) is 13.1 Å². The average Bonchev–Trinajstić information content (AvgIpc) is 2.72. The second-order valence-corrected chi connectivity index (χ2v) is 11.6. The molecular formula is C29H43ClNO3Ti. The van der Waals surface area contributed by atoms with Gasteiger partial charge in [0.25, 0.3) is 0 Å². The van der Waals surface area contributed by atoms with Crippen LogP contribution in [-0.4, -0.2) is 24.1 Å². The predicted molar refractivity (Wildman–Crippen MR) is 145 cm³/mol. The third-order valence-corrected chi connectivity index (χ3v) is 7.10. The minimum absolute atomic E-state index is 0. The summed E-state index contributed by atoms with van der Waals surface area (Å²) in [6.45, 7) is 26.8. The third kappa shape index (κ3) is 6.45. The molecule has 0 aliphatic rings. The van der Waals surface area contributed by atoms with E-state index in [1.165, 1.54) is 11.1 Å². The van der Waals surface area contributed by atoms with Gasteiger partial charge in [0.15, 0.2) is 0 Å². The number of carbonyl (C=O) groups is 1. The zero-order valence-corrected chi connectivity index (χ0v) is 26.0. The van der Waals surface area contributed by atoms with Gasteiger partial charge in [0.05, 0.1) is 0 Å². The largest absolute Gasteiger partial charge is 0.147 e. The fourth-order valence-corrected chi connectivity index (χ4v) is 4.68. The molecule has 6 heteroatoms. The van der Waals surface area contributed by atoms with E-state index in [4.69, 9.17) is 8.06 Å². The molecule has 1 amide bonds. The van der Waals surface area contributed by atoms with Gasteiger partial charge in [-0.25, -0.2) is 0 Å². The van der Waals surface area contributed by atoms with Gasteiger partial charge >= 0.3 is 220 Å². The number of aryl methyl sites for hydroxylation is 2. The Hall–Kier alpha value is -1.49. The van der Waals surface area contributed by atoms with Gasteiger partial charge in [-0.15, -0.1) is 12.4 Å². The van der Waals surface area contributed by atoms with Crippen LogP contribution in [0.2, 0.25) is 0 Å². The van der Waals surface area contributed by atoms with Crippen molar-refractivity contribution in [1.82, 2.24) is 4.90 Å². The maximum Gasteiger partial charge on any atom is -0.147 e. The fraction of sp³-hybridized carbons (Fsp3) is 0.552. The van der Waals surface area contributed by atoms with E-state index in [0.29, 0.717) is 18.8 Å². The number of nitrogens with zero attached hydrogens (tertiary/aromatic N) is 1. The van der Waals surface area contributed by atoms with E-state index >= 15 is 0 Å². The summed E-state index contributed by atoms with van der Waals surface area (Å²) in [6.07, 6.45) is -0.319. The Bertz CT molecular complexity index is 1080. The molecule has 2 aromatic rings. The van der Waals surface area contributed by atoms with Crippen LogP contribution >= 0.6 is 12.4 Å². The van der Waals surface area contributed by atoms with Gasteiger partial charge in [0.2, 0.25) is 0 Å². The molecule has 0 aromatic heterocycles. The van der Waals surface area contributed by atoms with Crippen molar-refractivity contribution in [3.63, 3.8) is 0 Å². The van der Waals surface area contributed by atoms with Crippen molar-refractivity contribution in [1.29, 1.82) is 0 Å². The van der Waals surface area contributed by atoms with Crippen molar-refractivity contribution < 1.29 is 33.7 Å². The Morgan fingerprint density at radius 1 is 0.800 bits per heavy atom. The van der Waals surface area contributed by atoms with Crippen LogP contribution in [0.4, 0.5) is 4.79 Å². The first-order valence-electron chi connectivity index (χ1n) is 12.2. The molecule has 0 spiro atoms. The fourth-order valence-electron chi connectivity index (χ4n) is 4.35. The molecule has 0 saturated heterocycles. The molecule has 193 valence electrons. The van der Waals surface area contributed by atoms with Crippen LogP contribution in [-0.2, 0) is 31.7 Å². The molecule has 0 N–H and O–H groups in total. The number of carbonyl (C=O) groups excluding carboxylic acids is 1. The van der Waals surface area contributed by atoms with Crippen LogP contribution in [0.3, 0.4) is 0 Å². The summed E-state index contributed by atoms with van der Waals surface area (Å²) in [7, 11) is 0. The number of hydrogen-bond donors (Lipinski definition) is 0. The van der Waals surface area contributed by atoms with Gasteiger partial charge < -0.3 is 0 Å². The maximum atomic E-state index is 13.2. The molecule has 0 atom stereocenters. The molecular weight excluding hydrogens is 494 g/mol. The molecule has 0 aliphatic heterocycles. The van der Waals surface area contributed by atoms with Crippen molar-refractivity contribution in [2.24, 2.45) is 0 Å². The minimum atomic E-state index is -0.319. The van der Waals surface area contributed by atoms with Gasteiger partial charge in [-0.05, 0) is 0 Å². The Balaban J connectivity index is 0.00000612. The summed E-state index contributed by atoms with van der Waals surface area (Å²) in [4.78, 5) is 15.0. The van der Waals surface area contributed by atoms with E-state index in [0.717, 1.165) is 39.1 Å². The summed E-state index contributed by atoms with van der Waals surface area (Å²) < 4.78 is 12.4. The van der Waals surface area contributed by atoms with Crippen molar-refractivity contribution in [3.8, 4) is 22.6 Å². The van der Waals surface area contributed by atoms with E-state index < -0.39 is 0 Å². The number of rotatable bonds is 5. The Labute approximate surface area is 231 Å². The second-order valence-electron chi connectivity index (χ2n) is 11.3. The molecule has 0 radical (unpaired) electrons. The first kappa shape index (κ1) is 31.5. The first-order valence-corrected chi connectivity index (χ1v) is 12.8. The summed E-state index contributed by atoms with van der Waals surface area (Å²) in [6, 6.07) is 4.40. The first-order chi connectivity index (χ1) is 15.6. The van der Waals surface area contributed by atoms with Gasteiger partial charge in [-0.1, -0.05) is 0 Å². The predicted octanol–water partition coefficient (Wildman–Crippen LogP) is 8.29. The number of amides is 1. The van der Waals surface area contributed by atoms with Gasteiger partial charge in [-0.3, -0.25) is 0 Å². The van der Waals surface area contributed by atoms with Gasteiger partial charge in [0, 0.05) is 0 Å². The maximum absolute atomic E-state index is 13.2. The van der Waals surface area contributed by atoms with Gasteiger partial charge in [-0.2, -0.15) is 0 Å². The van der Waals surface area contributed by atoms with Crippen LogP contribution in [0.1, 0.15) is 88.8 Å². The van der Waals surface area contributed by atoms with E-state index in [9.17, 15) is 4.79 Å². The summed E-state index contributed by atoms with van der Waals surface area (Å²) in [5.74, 6) is 1.49. The molecule has 0 saturated carbocycles. The number of hydrogen-bond acceptors (Lipinski definition) is 3. The summed E-state index contributed by atoms with van der Waals surface area (Å²) >= 11 is 1.74. The molecule has 0 unspecified atom stereocenters. The summed E-state index contributed by atoms with van der Waals surface area (Å²) in [5.41, 5.74) is 8.41. The molecule has 4 nitrogen and oxygen atoms in total. The normalized spacial score (nSPS) is 11.6. The molecule has 35 heavy (non-hydrogen) atoms. The van der Waals surface area contributed by atoms with Crippen molar-refractivity contribution in [2.45, 2.75) is 93.9 Å². The number of ether oxygens (including phenoxy) is 1. The van der Waals surface area contributed by atoms with Gasteiger partial charge in [0.1, 0.15) is 0 Å². The Kier molecular flexibility index (Phi) is 10.6. The standard InChI is InChI=1S/C29H43NO3.ClH.Ti/c1-13-30(14-2)27(32)33-26-22(29(10,11)12)16-18(4)20(6)24(26)23-19(5)17(3)15-21(25(23)31)28(7,8)9;;/h15-16,31H,13-14H2,1-12H3;1H;/q;;+1/p-1. The van der Waals surface area contributed by atoms with E-state index in [1.807, 2.05) is 13.8 Å². The minimum Gasteiger partial charge on any atom is -0.147 e. The van der Waals surface area contributed by atoms with Crippen LogP contribution in [0.15, 0.2) is 12.1 Å². The summed E-state index contributed by atoms with van der Waals surface area (Å²) in [5, 5.41) is 0. The average molecular weight is 537 g/mol. The molecule has 2 rings (SSSR count). The Morgan fingerprint density at radius 2 is 1.17 bits per heavy atom. The van der Waals surface area contributed by atoms with Crippen LogP contribution in [0.5, 0.6) is 11.5 Å². The monoisotopic (exact) mass is 536 g/mol. The van der Waals surface area contributed by atoms with Crippen LogP contribution < -0.4 is 8.06 Å². The van der Waals surface area contributed by atoms with Crippen LogP contribution in [0.25, 0.3) is 11.1 Å². The topological polar surface area (TPSA) is 38.8 Å².